The van der Waals surface area contributed by atoms with Crippen molar-refractivity contribution in [3.63, 3.8) is 0 Å². The van der Waals surface area contributed by atoms with Crippen LogP contribution in [0.3, 0.4) is 0 Å². The van der Waals surface area contributed by atoms with Gasteiger partial charge in [0.25, 0.3) is 0 Å². The first-order valence-electron chi connectivity index (χ1n) is 7.21. The third-order valence-electron chi connectivity index (χ3n) is 3.71. The Kier molecular flexibility index (Phi) is 6.44. The van der Waals surface area contributed by atoms with Gasteiger partial charge in [-0.25, -0.2) is 8.42 Å². The van der Waals surface area contributed by atoms with Gasteiger partial charge >= 0.3 is 29.6 Å². The Morgan fingerprint density at radius 1 is 0.680 bits per heavy atom. The van der Waals surface area contributed by atoms with Gasteiger partial charge in [-0.1, -0.05) is 72.8 Å². The summed E-state index contributed by atoms with van der Waals surface area (Å²) in [7, 11) is -8.24. The topological polar surface area (TPSA) is 74.3 Å². The summed E-state index contributed by atoms with van der Waals surface area (Å²) >= 11 is 0. The summed E-state index contributed by atoms with van der Waals surface area (Å²) in [4.78, 5) is -0.443. The van der Waals surface area contributed by atoms with E-state index in [9.17, 15) is 17.5 Å². The Hall–Kier alpha value is -1.20. The average Bonchev–Trinajstić information content (AvgIpc) is 2.62. The molecule has 3 aromatic rings. The monoisotopic (exact) mass is 380 g/mol. The average molecular weight is 380 g/mol. The Labute approximate surface area is 169 Å². The van der Waals surface area contributed by atoms with Gasteiger partial charge < -0.3 is 9.12 Å². The first-order valence-corrected chi connectivity index (χ1v) is 10.3. The standard InChI is InChI=1S/C18H15O4PS.Na/c19-23(15-9-3-1-4-10-15,16-11-5-2-6-12-16)17-13-7-8-14-18(17)24(20,21)22;/h1-14H,(H,20,21,22);/q;+1/p-1. The van der Waals surface area contributed by atoms with Gasteiger partial charge in [0.05, 0.1) is 4.90 Å². The molecule has 0 bridgehead atoms. The minimum Gasteiger partial charge on any atom is -0.744 e. The number of rotatable bonds is 4. The van der Waals surface area contributed by atoms with E-state index in [0.717, 1.165) is 0 Å². The van der Waals surface area contributed by atoms with Crippen LogP contribution in [0.4, 0.5) is 0 Å². The first kappa shape index (κ1) is 20.1. The van der Waals surface area contributed by atoms with E-state index < -0.39 is 22.2 Å². The molecular weight excluding hydrogens is 366 g/mol. The molecule has 0 spiro atoms. The van der Waals surface area contributed by atoms with Crippen molar-refractivity contribution >= 4 is 33.2 Å². The van der Waals surface area contributed by atoms with Gasteiger partial charge in [0.15, 0.2) is 7.14 Å². The summed E-state index contributed by atoms with van der Waals surface area (Å²) in [5, 5.41) is 0.997. The number of hydrogen-bond acceptors (Lipinski definition) is 4. The fraction of sp³-hybridized carbons (Fsp3) is 0. The molecule has 4 nitrogen and oxygen atoms in total. The van der Waals surface area contributed by atoms with Crippen molar-refractivity contribution in [1.29, 1.82) is 0 Å². The summed E-state index contributed by atoms with van der Waals surface area (Å²) in [6.07, 6.45) is 0. The molecule has 3 rings (SSSR count). The molecule has 0 amide bonds. The molecule has 0 aliphatic rings. The van der Waals surface area contributed by atoms with E-state index in [1.165, 1.54) is 18.2 Å². The maximum Gasteiger partial charge on any atom is 1.00 e. The fourth-order valence-electron chi connectivity index (χ4n) is 2.63. The van der Waals surface area contributed by atoms with Gasteiger partial charge in [-0.3, -0.25) is 0 Å². The van der Waals surface area contributed by atoms with Crippen LogP contribution in [-0.2, 0) is 14.7 Å². The molecule has 0 radical (unpaired) electrons. The molecule has 0 unspecified atom stereocenters. The van der Waals surface area contributed by atoms with Crippen LogP contribution < -0.4 is 45.5 Å². The summed E-state index contributed by atoms with van der Waals surface area (Å²) in [5.41, 5.74) is 0. The van der Waals surface area contributed by atoms with E-state index in [1.54, 1.807) is 66.7 Å². The van der Waals surface area contributed by atoms with E-state index in [1.807, 2.05) is 0 Å². The second-order valence-corrected chi connectivity index (χ2v) is 9.28. The van der Waals surface area contributed by atoms with Crippen molar-refractivity contribution in [2.45, 2.75) is 4.90 Å². The maximum atomic E-state index is 14.1. The van der Waals surface area contributed by atoms with Crippen LogP contribution >= 0.6 is 7.14 Å². The Morgan fingerprint density at radius 3 is 1.52 bits per heavy atom. The molecule has 0 aromatic heterocycles. The molecule has 0 fully saturated rings. The Morgan fingerprint density at radius 2 is 1.08 bits per heavy atom. The number of benzene rings is 3. The maximum absolute atomic E-state index is 14.1. The Balaban J connectivity index is 0.00000225. The number of hydrogen-bond donors (Lipinski definition) is 0. The van der Waals surface area contributed by atoms with Gasteiger partial charge in [0.2, 0.25) is 0 Å². The van der Waals surface area contributed by atoms with Gasteiger partial charge in [0.1, 0.15) is 10.1 Å². The third kappa shape index (κ3) is 3.98. The largest absolute Gasteiger partial charge is 1.00 e. The summed E-state index contributed by atoms with van der Waals surface area (Å²) in [6.45, 7) is 0. The molecule has 0 heterocycles. The third-order valence-corrected chi connectivity index (χ3v) is 7.88. The van der Waals surface area contributed by atoms with Gasteiger partial charge in [-0.2, -0.15) is 0 Å². The molecule has 0 aliphatic heterocycles. The normalized spacial score (nSPS) is 11.6. The predicted octanol–water partition coefficient (Wildman–Crippen LogP) is -0.766. The summed E-state index contributed by atoms with van der Waals surface area (Å²) < 4.78 is 49.1. The van der Waals surface area contributed by atoms with Crippen molar-refractivity contribution in [3.8, 4) is 0 Å². The minimum absolute atomic E-state index is 0. The molecular formula is C18H14NaO4PS. The van der Waals surface area contributed by atoms with E-state index in [2.05, 4.69) is 0 Å². The van der Waals surface area contributed by atoms with Crippen LogP contribution in [0.1, 0.15) is 0 Å². The van der Waals surface area contributed by atoms with Crippen LogP contribution in [0.2, 0.25) is 0 Å². The van der Waals surface area contributed by atoms with Crippen molar-refractivity contribution in [3.05, 3.63) is 84.9 Å². The van der Waals surface area contributed by atoms with Crippen molar-refractivity contribution < 1.29 is 47.1 Å². The van der Waals surface area contributed by atoms with Crippen molar-refractivity contribution in [2.75, 3.05) is 0 Å². The van der Waals surface area contributed by atoms with Gasteiger partial charge in [-0.15, -0.1) is 0 Å². The molecule has 25 heavy (non-hydrogen) atoms. The van der Waals surface area contributed by atoms with Crippen molar-refractivity contribution in [1.82, 2.24) is 0 Å². The zero-order chi connectivity index (χ0) is 17.2. The SMILES string of the molecule is O=P(c1ccccc1)(c1ccccc1)c1ccccc1S(=O)(=O)[O-].[Na+]. The molecule has 0 atom stereocenters. The van der Waals surface area contributed by atoms with Gasteiger partial charge in [-0.05, 0) is 12.1 Å². The van der Waals surface area contributed by atoms with E-state index >= 15 is 0 Å². The fourth-order valence-corrected chi connectivity index (χ4v) is 6.64. The minimum atomic E-state index is -4.75. The van der Waals surface area contributed by atoms with Crippen LogP contribution in [0, 0.1) is 0 Å². The zero-order valence-electron chi connectivity index (χ0n) is 13.6. The predicted molar refractivity (Wildman–Crippen MR) is 93.8 cm³/mol. The molecule has 122 valence electrons. The molecule has 3 aromatic carbocycles. The quantitative estimate of drug-likeness (QED) is 0.339. The van der Waals surface area contributed by atoms with E-state index in [4.69, 9.17) is 0 Å². The summed E-state index contributed by atoms with van der Waals surface area (Å²) in [5.74, 6) is 0. The van der Waals surface area contributed by atoms with Crippen LogP contribution in [0.15, 0.2) is 89.8 Å². The van der Waals surface area contributed by atoms with Crippen LogP contribution in [-0.4, -0.2) is 13.0 Å². The second kappa shape index (κ2) is 8.00. The molecule has 0 aliphatic carbocycles. The van der Waals surface area contributed by atoms with Crippen LogP contribution in [0.5, 0.6) is 0 Å². The van der Waals surface area contributed by atoms with E-state index in [-0.39, 0.29) is 34.9 Å². The first-order chi connectivity index (χ1) is 11.4. The van der Waals surface area contributed by atoms with Crippen molar-refractivity contribution in [2.24, 2.45) is 0 Å². The molecule has 0 saturated carbocycles. The molecule has 0 N–H and O–H groups in total. The molecule has 0 saturated heterocycles. The van der Waals surface area contributed by atoms with Gasteiger partial charge in [0, 0.05) is 15.9 Å². The smallest absolute Gasteiger partial charge is 0.744 e. The molecule has 7 heteroatoms. The Bertz CT molecular complexity index is 962. The summed E-state index contributed by atoms with van der Waals surface area (Å²) in [6, 6.07) is 22.9. The van der Waals surface area contributed by atoms with E-state index in [0.29, 0.717) is 10.6 Å². The van der Waals surface area contributed by atoms with Crippen LogP contribution in [0.25, 0.3) is 0 Å². The zero-order valence-corrected chi connectivity index (χ0v) is 17.3. The second-order valence-electron chi connectivity index (χ2n) is 5.20.